The Morgan fingerprint density at radius 1 is 1.69 bits per heavy atom. The molecule has 0 spiro atoms. The molecule has 0 bridgehead atoms. The molecule has 2 atom stereocenters. The Morgan fingerprint density at radius 2 is 2.50 bits per heavy atom. The molecule has 1 aliphatic rings. The van der Waals surface area contributed by atoms with Gasteiger partial charge in [-0.3, -0.25) is 4.79 Å². The van der Waals surface area contributed by atoms with Crippen LogP contribution in [-0.4, -0.2) is 34.6 Å². The first kappa shape index (κ1) is 11.1. The minimum Gasteiger partial charge on any atom is -0.351 e. The average Bonchev–Trinajstić information content (AvgIpc) is 2.81. The third-order valence-corrected chi connectivity index (χ3v) is 3.18. The van der Waals surface area contributed by atoms with Crippen LogP contribution in [0.3, 0.4) is 0 Å². The van der Waals surface area contributed by atoms with Gasteiger partial charge in [0.05, 0.1) is 6.20 Å². The normalized spacial score (nSPS) is 25.8. The van der Waals surface area contributed by atoms with Gasteiger partial charge < -0.3 is 15.2 Å². The summed E-state index contributed by atoms with van der Waals surface area (Å²) in [5, 5.41) is 3.56. The lowest BCUT2D eigenvalue weighted by Gasteiger charge is -2.39. The number of likely N-dealkylation sites (tertiary alicyclic amines) is 1. The van der Waals surface area contributed by atoms with E-state index in [1.165, 1.54) is 6.20 Å². The molecule has 5 nitrogen and oxygen atoms in total. The van der Waals surface area contributed by atoms with Crippen molar-refractivity contribution in [3.63, 3.8) is 0 Å². The Kier molecular flexibility index (Phi) is 3.24. The predicted molar refractivity (Wildman–Crippen MR) is 58.8 cm³/mol. The van der Waals surface area contributed by atoms with Crippen LogP contribution in [0.2, 0.25) is 0 Å². The number of piperidine rings is 1. The highest BCUT2D eigenvalue weighted by molar-refractivity contribution is 5.91. The summed E-state index contributed by atoms with van der Waals surface area (Å²) in [5.41, 5.74) is 5.71. The summed E-state index contributed by atoms with van der Waals surface area (Å²) in [4.78, 5) is 14.0. The van der Waals surface area contributed by atoms with Crippen LogP contribution in [0, 0.1) is 0 Å². The van der Waals surface area contributed by atoms with Crippen molar-refractivity contribution < 1.29 is 9.32 Å². The molecule has 0 aliphatic carbocycles. The standard InChI is InChI=1S/C11H17N3O2/c1-8-3-2-4-9(7-12)14(8)11(15)10-5-6-13-16-10/h5-6,8-9H,2-4,7,12H2,1H3. The molecule has 1 saturated heterocycles. The highest BCUT2D eigenvalue weighted by Crippen LogP contribution is 2.24. The summed E-state index contributed by atoms with van der Waals surface area (Å²) in [6.45, 7) is 2.56. The molecule has 0 aromatic carbocycles. The maximum atomic E-state index is 12.2. The topological polar surface area (TPSA) is 72.4 Å². The summed E-state index contributed by atoms with van der Waals surface area (Å²) < 4.78 is 4.91. The predicted octanol–water partition coefficient (Wildman–Crippen LogP) is 1.02. The van der Waals surface area contributed by atoms with E-state index in [1.807, 2.05) is 4.90 Å². The van der Waals surface area contributed by atoms with E-state index in [4.69, 9.17) is 10.3 Å². The van der Waals surface area contributed by atoms with Crippen LogP contribution in [0.15, 0.2) is 16.8 Å². The van der Waals surface area contributed by atoms with Crippen molar-refractivity contribution in [1.29, 1.82) is 0 Å². The number of carbonyl (C=O) groups is 1. The van der Waals surface area contributed by atoms with Crippen LogP contribution in [0.1, 0.15) is 36.7 Å². The number of aromatic nitrogens is 1. The van der Waals surface area contributed by atoms with Crippen LogP contribution < -0.4 is 5.73 Å². The molecule has 2 unspecified atom stereocenters. The highest BCUT2D eigenvalue weighted by atomic mass is 16.5. The van der Waals surface area contributed by atoms with Crippen molar-refractivity contribution in [2.24, 2.45) is 5.73 Å². The lowest BCUT2D eigenvalue weighted by atomic mass is 9.96. The summed E-state index contributed by atoms with van der Waals surface area (Å²) in [6.07, 6.45) is 4.61. The Labute approximate surface area is 94.6 Å². The minimum absolute atomic E-state index is 0.0971. The van der Waals surface area contributed by atoms with Gasteiger partial charge in [0, 0.05) is 24.7 Å². The van der Waals surface area contributed by atoms with Gasteiger partial charge in [0.2, 0.25) is 5.76 Å². The second-order valence-electron chi connectivity index (χ2n) is 4.26. The zero-order chi connectivity index (χ0) is 11.5. The van der Waals surface area contributed by atoms with Gasteiger partial charge in [0.25, 0.3) is 5.91 Å². The molecule has 5 heteroatoms. The Bertz CT molecular complexity index is 350. The second kappa shape index (κ2) is 4.65. The summed E-state index contributed by atoms with van der Waals surface area (Å²) in [5.74, 6) is 0.201. The SMILES string of the molecule is CC1CCCC(CN)N1C(=O)c1ccno1. The van der Waals surface area contributed by atoms with Gasteiger partial charge in [-0.05, 0) is 26.2 Å². The highest BCUT2D eigenvalue weighted by Gasteiger charge is 2.32. The van der Waals surface area contributed by atoms with Crippen molar-refractivity contribution in [3.05, 3.63) is 18.0 Å². The number of nitrogens with zero attached hydrogens (tertiary/aromatic N) is 2. The van der Waals surface area contributed by atoms with Crippen molar-refractivity contribution in [2.75, 3.05) is 6.54 Å². The van der Waals surface area contributed by atoms with E-state index in [0.717, 1.165) is 19.3 Å². The Hall–Kier alpha value is -1.36. The number of carbonyl (C=O) groups excluding carboxylic acids is 1. The molecular formula is C11H17N3O2. The van der Waals surface area contributed by atoms with Crippen molar-refractivity contribution in [1.82, 2.24) is 10.1 Å². The lowest BCUT2D eigenvalue weighted by molar-refractivity contribution is 0.0453. The number of amides is 1. The maximum absolute atomic E-state index is 12.2. The summed E-state index contributed by atoms with van der Waals surface area (Å²) in [7, 11) is 0. The van der Waals surface area contributed by atoms with Crippen molar-refractivity contribution >= 4 is 5.91 Å². The molecule has 1 amide bonds. The zero-order valence-corrected chi connectivity index (χ0v) is 9.43. The van der Waals surface area contributed by atoms with Gasteiger partial charge in [-0.25, -0.2) is 0 Å². The molecule has 1 fully saturated rings. The fourth-order valence-corrected chi connectivity index (χ4v) is 2.34. The van der Waals surface area contributed by atoms with Gasteiger partial charge in [-0.1, -0.05) is 5.16 Å². The number of hydrogen-bond donors (Lipinski definition) is 1. The first-order valence-electron chi connectivity index (χ1n) is 5.67. The van der Waals surface area contributed by atoms with Crippen LogP contribution >= 0.6 is 0 Å². The molecule has 2 heterocycles. The van der Waals surface area contributed by atoms with Gasteiger partial charge in [0.1, 0.15) is 0 Å². The molecule has 0 saturated carbocycles. The lowest BCUT2D eigenvalue weighted by Crippen LogP contribution is -2.51. The Balaban J connectivity index is 2.19. The molecule has 16 heavy (non-hydrogen) atoms. The molecule has 2 N–H and O–H groups in total. The number of rotatable bonds is 2. The van der Waals surface area contributed by atoms with Crippen LogP contribution in [0.5, 0.6) is 0 Å². The average molecular weight is 223 g/mol. The van der Waals surface area contributed by atoms with E-state index in [0.29, 0.717) is 12.3 Å². The van der Waals surface area contributed by atoms with Crippen LogP contribution in [0.25, 0.3) is 0 Å². The van der Waals surface area contributed by atoms with E-state index in [2.05, 4.69) is 12.1 Å². The molecule has 1 aromatic heterocycles. The quantitative estimate of drug-likeness (QED) is 0.812. The van der Waals surface area contributed by atoms with Crippen molar-refractivity contribution in [3.8, 4) is 0 Å². The summed E-state index contributed by atoms with van der Waals surface area (Å²) in [6, 6.07) is 1.94. The van der Waals surface area contributed by atoms with E-state index < -0.39 is 0 Å². The molecule has 1 aliphatic heterocycles. The maximum Gasteiger partial charge on any atom is 0.292 e. The fourth-order valence-electron chi connectivity index (χ4n) is 2.34. The smallest absolute Gasteiger partial charge is 0.292 e. The first-order chi connectivity index (χ1) is 7.74. The third-order valence-electron chi connectivity index (χ3n) is 3.18. The largest absolute Gasteiger partial charge is 0.351 e. The van der Waals surface area contributed by atoms with Gasteiger partial charge in [-0.2, -0.15) is 0 Å². The van der Waals surface area contributed by atoms with Gasteiger partial charge in [-0.15, -0.1) is 0 Å². The minimum atomic E-state index is -0.0971. The zero-order valence-electron chi connectivity index (χ0n) is 9.43. The Morgan fingerprint density at radius 3 is 3.12 bits per heavy atom. The fraction of sp³-hybridized carbons (Fsp3) is 0.636. The van der Waals surface area contributed by atoms with Gasteiger partial charge in [0.15, 0.2) is 0 Å². The van der Waals surface area contributed by atoms with Crippen molar-refractivity contribution in [2.45, 2.75) is 38.3 Å². The summed E-state index contributed by atoms with van der Waals surface area (Å²) >= 11 is 0. The van der Waals surface area contributed by atoms with E-state index >= 15 is 0 Å². The van der Waals surface area contributed by atoms with Gasteiger partial charge >= 0.3 is 0 Å². The van der Waals surface area contributed by atoms with Crippen LogP contribution in [-0.2, 0) is 0 Å². The molecule has 1 aromatic rings. The number of hydrogen-bond acceptors (Lipinski definition) is 4. The van der Waals surface area contributed by atoms with Crippen LogP contribution in [0.4, 0.5) is 0 Å². The molecule has 2 rings (SSSR count). The van der Waals surface area contributed by atoms with E-state index in [9.17, 15) is 4.79 Å². The van der Waals surface area contributed by atoms with E-state index in [-0.39, 0.29) is 18.0 Å². The second-order valence-corrected chi connectivity index (χ2v) is 4.26. The van der Waals surface area contributed by atoms with E-state index in [1.54, 1.807) is 6.07 Å². The monoisotopic (exact) mass is 223 g/mol. The molecular weight excluding hydrogens is 206 g/mol. The molecule has 88 valence electrons. The number of nitrogens with two attached hydrogens (primary N) is 1. The first-order valence-corrected chi connectivity index (χ1v) is 5.67. The molecule has 0 radical (unpaired) electrons. The third kappa shape index (κ3) is 1.95.